The van der Waals surface area contributed by atoms with Crippen molar-refractivity contribution in [2.75, 3.05) is 13.1 Å². The number of rotatable bonds is 5. The van der Waals surface area contributed by atoms with Crippen LogP contribution in [-0.4, -0.2) is 50.4 Å². The van der Waals surface area contributed by atoms with Gasteiger partial charge in [-0.25, -0.2) is 9.50 Å². The first-order valence-corrected chi connectivity index (χ1v) is 9.62. The molecule has 0 saturated carbocycles. The molecule has 0 bridgehead atoms. The van der Waals surface area contributed by atoms with Crippen LogP contribution in [0.5, 0.6) is 0 Å². The minimum absolute atomic E-state index is 0.0587. The summed E-state index contributed by atoms with van der Waals surface area (Å²) >= 11 is 0. The summed E-state index contributed by atoms with van der Waals surface area (Å²) in [4.78, 5) is 31.0. The Morgan fingerprint density at radius 3 is 2.64 bits per heavy atom. The second-order valence-electron chi connectivity index (χ2n) is 7.07. The van der Waals surface area contributed by atoms with Gasteiger partial charge in [0.15, 0.2) is 11.3 Å². The molecule has 0 atom stereocenters. The molecule has 1 N–H and O–H groups in total. The molecule has 0 unspecified atom stereocenters. The zero-order chi connectivity index (χ0) is 19.3. The van der Waals surface area contributed by atoms with Gasteiger partial charge in [-0.3, -0.25) is 9.59 Å². The number of fused-ring (bicyclic) bond motifs is 1. The molecule has 2 aromatic heterocycles. The summed E-state index contributed by atoms with van der Waals surface area (Å²) in [6.45, 7) is 1.34. The summed E-state index contributed by atoms with van der Waals surface area (Å²) in [7, 11) is 0. The molecule has 3 aromatic rings. The van der Waals surface area contributed by atoms with Gasteiger partial charge >= 0.3 is 0 Å². The van der Waals surface area contributed by atoms with Gasteiger partial charge in [0.25, 0.3) is 5.91 Å². The molecule has 1 fully saturated rings. The van der Waals surface area contributed by atoms with Crippen molar-refractivity contribution in [2.45, 2.75) is 31.7 Å². The highest BCUT2D eigenvalue weighted by Crippen LogP contribution is 2.14. The van der Waals surface area contributed by atoms with Crippen molar-refractivity contribution < 1.29 is 9.59 Å². The topological polar surface area (TPSA) is 79.6 Å². The van der Waals surface area contributed by atoms with Gasteiger partial charge in [0.2, 0.25) is 5.91 Å². The monoisotopic (exact) mass is 377 g/mol. The van der Waals surface area contributed by atoms with Crippen LogP contribution in [0.4, 0.5) is 0 Å². The van der Waals surface area contributed by atoms with E-state index in [9.17, 15) is 9.59 Å². The molecule has 1 saturated heterocycles. The fourth-order valence-electron chi connectivity index (χ4n) is 3.53. The highest BCUT2D eigenvalue weighted by atomic mass is 16.2. The van der Waals surface area contributed by atoms with E-state index in [4.69, 9.17) is 0 Å². The Balaban J connectivity index is 1.25. The zero-order valence-corrected chi connectivity index (χ0v) is 15.6. The number of hydrogen-bond donors (Lipinski definition) is 1. The first-order valence-electron chi connectivity index (χ1n) is 9.62. The summed E-state index contributed by atoms with van der Waals surface area (Å²) in [5.41, 5.74) is 2.19. The summed E-state index contributed by atoms with van der Waals surface area (Å²) in [6.07, 6.45) is 6.23. The first kappa shape index (κ1) is 18.2. The molecule has 2 amide bonds. The molecule has 1 aliphatic rings. The van der Waals surface area contributed by atoms with Crippen LogP contribution in [0.15, 0.2) is 54.9 Å². The SMILES string of the molecule is O=C(NC1CCN(C(=O)CCc2ccccc2)CC1)c1cc2ncccn2n1. The van der Waals surface area contributed by atoms with Gasteiger partial charge in [-0.05, 0) is 30.9 Å². The van der Waals surface area contributed by atoms with Crippen LogP contribution in [0.1, 0.15) is 35.3 Å². The van der Waals surface area contributed by atoms with E-state index >= 15 is 0 Å². The minimum Gasteiger partial charge on any atom is -0.348 e. The number of nitrogens with one attached hydrogen (secondary N) is 1. The minimum atomic E-state index is -0.195. The van der Waals surface area contributed by atoms with Crippen LogP contribution in [0.25, 0.3) is 5.65 Å². The molecule has 4 rings (SSSR count). The number of likely N-dealkylation sites (tertiary alicyclic amines) is 1. The van der Waals surface area contributed by atoms with Crippen molar-refractivity contribution in [3.05, 3.63) is 66.1 Å². The highest BCUT2D eigenvalue weighted by molar-refractivity contribution is 5.93. The van der Waals surface area contributed by atoms with Gasteiger partial charge in [-0.2, -0.15) is 5.10 Å². The van der Waals surface area contributed by atoms with Gasteiger partial charge in [0, 0.05) is 44.0 Å². The third kappa shape index (κ3) is 4.19. The van der Waals surface area contributed by atoms with Gasteiger partial charge in [0.05, 0.1) is 0 Å². The average molecular weight is 377 g/mol. The molecular formula is C21H23N5O2. The molecule has 144 valence electrons. The van der Waals surface area contributed by atoms with Gasteiger partial charge in [-0.15, -0.1) is 0 Å². The fraction of sp³-hybridized carbons (Fsp3) is 0.333. The molecule has 0 aliphatic carbocycles. The van der Waals surface area contributed by atoms with E-state index in [2.05, 4.69) is 15.4 Å². The van der Waals surface area contributed by atoms with Crippen LogP contribution in [0, 0.1) is 0 Å². The fourth-order valence-corrected chi connectivity index (χ4v) is 3.53. The van der Waals surface area contributed by atoms with Crippen molar-refractivity contribution in [3.8, 4) is 0 Å². The van der Waals surface area contributed by atoms with Gasteiger partial charge < -0.3 is 10.2 Å². The largest absolute Gasteiger partial charge is 0.348 e. The summed E-state index contributed by atoms with van der Waals surface area (Å²) in [6, 6.07) is 13.6. The van der Waals surface area contributed by atoms with Gasteiger partial charge in [-0.1, -0.05) is 30.3 Å². The lowest BCUT2D eigenvalue weighted by molar-refractivity contribution is -0.132. The average Bonchev–Trinajstić information content (AvgIpc) is 3.18. The maximum absolute atomic E-state index is 12.5. The number of benzene rings is 1. The van der Waals surface area contributed by atoms with E-state index < -0.39 is 0 Å². The first-order chi connectivity index (χ1) is 13.7. The highest BCUT2D eigenvalue weighted by Gasteiger charge is 2.24. The van der Waals surface area contributed by atoms with E-state index in [0.29, 0.717) is 30.9 Å². The van der Waals surface area contributed by atoms with Crippen molar-refractivity contribution in [1.82, 2.24) is 24.8 Å². The Hall–Kier alpha value is -3.22. The lowest BCUT2D eigenvalue weighted by Gasteiger charge is -2.32. The normalized spacial score (nSPS) is 14.9. The molecule has 7 nitrogen and oxygen atoms in total. The number of nitrogens with zero attached hydrogens (tertiary/aromatic N) is 4. The Bertz CT molecular complexity index is 928. The van der Waals surface area contributed by atoms with Crippen LogP contribution in [-0.2, 0) is 11.2 Å². The van der Waals surface area contributed by atoms with Crippen LogP contribution < -0.4 is 5.32 Å². The van der Waals surface area contributed by atoms with E-state index in [1.54, 1.807) is 29.0 Å². The Morgan fingerprint density at radius 2 is 1.89 bits per heavy atom. The molecule has 7 heteroatoms. The number of carbonyl (C=O) groups excluding carboxylic acids is 2. The smallest absolute Gasteiger partial charge is 0.272 e. The number of carbonyl (C=O) groups is 2. The lowest BCUT2D eigenvalue weighted by Crippen LogP contribution is -2.46. The second kappa shape index (κ2) is 8.21. The zero-order valence-electron chi connectivity index (χ0n) is 15.6. The number of piperidine rings is 1. The molecular weight excluding hydrogens is 354 g/mol. The second-order valence-corrected chi connectivity index (χ2v) is 7.07. The third-order valence-corrected chi connectivity index (χ3v) is 5.12. The lowest BCUT2D eigenvalue weighted by atomic mass is 10.0. The van der Waals surface area contributed by atoms with E-state index in [1.165, 1.54) is 5.56 Å². The van der Waals surface area contributed by atoms with Crippen LogP contribution >= 0.6 is 0 Å². The number of aryl methyl sites for hydroxylation is 1. The summed E-state index contributed by atoms with van der Waals surface area (Å²) in [5.74, 6) is -0.0144. The Labute approximate surface area is 163 Å². The Morgan fingerprint density at radius 1 is 1.11 bits per heavy atom. The molecule has 1 aromatic carbocycles. The quantitative estimate of drug-likeness (QED) is 0.738. The third-order valence-electron chi connectivity index (χ3n) is 5.12. The van der Waals surface area contributed by atoms with Crippen molar-refractivity contribution in [3.63, 3.8) is 0 Å². The predicted molar refractivity (Wildman–Crippen MR) is 105 cm³/mol. The standard InChI is InChI=1S/C21H23N5O2/c27-20(8-7-16-5-2-1-3-6-16)25-13-9-17(10-14-25)23-21(28)18-15-19-22-11-4-12-26(19)24-18/h1-6,11-12,15,17H,7-10,13-14H2,(H,23,28). The van der Waals surface area contributed by atoms with Crippen LogP contribution in [0.3, 0.4) is 0 Å². The van der Waals surface area contributed by atoms with Gasteiger partial charge in [0.1, 0.15) is 0 Å². The molecule has 1 aliphatic heterocycles. The molecule has 0 radical (unpaired) electrons. The number of amides is 2. The summed E-state index contributed by atoms with van der Waals surface area (Å²) in [5, 5.41) is 7.28. The molecule has 28 heavy (non-hydrogen) atoms. The molecule has 3 heterocycles. The number of hydrogen-bond acceptors (Lipinski definition) is 4. The van der Waals surface area contributed by atoms with E-state index in [1.807, 2.05) is 35.2 Å². The number of aromatic nitrogens is 3. The molecule has 0 spiro atoms. The predicted octanol–water partition coefficient (Wildman–Crippen LogP) is 2.08. The van der Waals surface area contributed by atoms with Crippen molar-refractivity contribution >= 4 is 17.5 Å². The van der Waals surface area contributed by atoms with E-state index in [0.717, 1.165) is 19.3 Å². The summed E-state index contributed by atoms with van der Waals surface area (Å²) < 4.78 is 1.59. The van der Waals surface area contributed by atoms with Crippen molar-refractivity contribution in [2.24, 2.45) is 0 Å². The van der Waals surface area contributed by atoms with E-state index in [-0.39, 0.29) is 17.9 Å². The van der Waals surface area contributed by atoms with Crippen LogP contribution in [0.2, 0.25) is 0 Å². The maximum Gasteiger partial charge on any atom is 0.272 e. The van der Waals surface area contributed by atoms with Crippen molar-refractivity contribution in [1.29, 1.82) is 0 Å². The Kier molecular flexibility index (Phi) is 5.32. The maximum atomic E-state index is 12.5.